The van der Waals surface area contributed by atoms with E-state index in [2.05, 4.69) is 10.3 Å². The van der Waals surface area contributed by atoms with E-state index in [0.717, 1.165) is 6.42 Å². The van der Waals surface area contributed by atoms with E-state index in [1.807, 2.05) is 0 Å². The van der Waals surface area contributed by atoms with Crippen LogP contribution < -0.4 is 5.32 Å². The molecule has 3 rings (SSSR count). The molecule has 1 aliphatic rings. The second-order valence-electron chi connectivity index (χ2n) is 6.41. The van der Waals surface area contributed by atoms with Gasteiger partial charge in [-0.05, 0) is 49.2 Å². The fourth-order valence-electron chi connectivity index (χ4n) is 3.13. The number of carbonyl (C=O) groups excluding carboxylic acids is 3. The van der Waals surface area contributed by atoms with Gasteiger partial charge in [0.1, 0.15) is 6.04 Å². The number of anilines is 1. The number of nitrogens with one attached hydrogen (secondary N) is 1. The van der Waals surface area contributed by atoms with Crippen molar-refractivity contribution in [3.05, 3.63) is 59.4 Å². The summed E-state index contributed by atoms with van der Waals surface area (Å²) in [6, 6.07) is 9.67. The molecule has 1 saturated heterocycles. The molecule has 0 saturated carbocycles. The average Bonchev–Trinajstić information content (AvgIpc) is 3.18. The molecule has 0 radical (unpaired) electrons. The third-order valence-electron chi connectivity index (χ3n) is 4.54. The number of nitrogens with zero attached hydrogens (tertiary/aromatic N) is 2. The monoisotopic (exact) mass is 385 g/mol. The Morgan fingerprint density at radius 2 is 1.93 bits per heavy atom. The van der Waals surface area contributed by atoms with Gasteiger partial charge in [0.05, 0.1) is 0 Å². The summed E-state index contributed by atoms with van der Waals surface area (Å²) < 4.78 is 0. The Kier molecular flexibility index (Phi) is 6.19. The summed E-state index contributed by atoms with van der Waals surface area (Å²) in [5, 5.41) is 3.41. The maximum Gasteiger partial charge on any atom is 0.247 e. The summed E-state index contributed by atoms with van der Waals surface area (Å²) in [6.45, 7) is 0.526. The normalized spacial score (nSPS) is 16.2. The minimum Gasteiger partial charge on any atom is -0.331 e. The molecule has 2 heterocycles. The second kappa shape index (κ2) is 8.77. The predicted octanol–water partition coefficient (Wildman–Crippen LogP) is 3.33. The van der Waals surface area contributed by atoms with E-state index in [0.29, 0.717) is 29.2 Å². The van der Waals surface area contributed by atoms with Gasteiger partial charge < -0.3 is 10.2 Å². The minimum atomic E-state index is -0.512. The van der Waals surface area contributed by atoms with Crippen LogP contribution in [0, 0.1) is 0 Å². The van der Waals surface area contributed by atoms with Gasteiger partial charge in [0.25, 0.3) is 0 Å². The van der Waals surface area contributed by atoms with Crippen LogP contribution in [0.1, 0.15) is 36.0 Å². The predicted molar refractivity (Wildman–Crippen MR) is 103 cm³/mol. The topological polar surface area (TPSA) is 79.4 Å². The summed E-state index contributed by atoms with van der Waals surface area (Å²) in [5.74, 6) is -0.527. The molecule has 1 aliphatic heterocycles. The molecule has 6 nitrogen and oxygen atoms in total. The highest BCUT2D eigenvalue weighted by Crippen LogP contribution is 2.21. The van der Waals surface area contributed by atoms with Crippen molar-refractivity contribution in [3.63, 3.8) is 0 Å². The van der Waals surface area contributed by atoms with E-state index in [1.54, 1.807) is 47.5 Å². The molecule has 7 heteroatoms. The van der Waals surface area contributed by atoms with Gasteiger partial charge in [0, 0.05) is 48.1 Å². The van der Waals surface area contributed by atoms with Gasteiger partial charge in [-0.15, -0.1) is 0 Å². The molecule has 0 bridgehead atoms. The zero-order valence-electron chi connectivity index (χ0n) is 14.7. The summed E-state index contributed by atoms with van der Waals surface area (Å²) in [6.07, 6.45) is 4.65. The molecule has 27 heavy (non-hydrogen) atoms. The van der Waals surface area contributed by atoms with Crippen LogP contribution in [0.5, 0.6) is 0 Å². The van der Waals surface area contributed by atoms with Gasteiger partial charge in [-0.2, -0.15) is 0 Å². The van der Waals surface area contributed by atoms with E-state index < -0.39 is 6.04 Å². The standard InChI is InChI=1S/C20H20ClN3O3/c21-15-5-7-16(8-6-15)23-20(27)17-4-2-12-24(17)19(26)10-9-18(25)14-3-1-11-22-13-14/h1,3,5-8,11,13,17H,2,4,9-10,12H2,(H,23,27). The summed E-state index contributed by atoms with van der Waals surface area (Å²) in [7, 11) is 0. The number of amides is 2. The zero-order valence-corrected chi connectivity index (χ0v) is 15.5. The lowest BCUT2D eigenvalue weighted by atomic mass is 10.1. The quantitative estimate of drug-likeness (QED) is 0.773. The van der Waals surface area contributed by atoms with Crippen LogP contribution in [-0.2, 0) is 9.59 Å². The molecule has 1 aromatic heterocycles. The van der Waals surface area contributed by atoms with Crippen LogP contribution in [0.3, 0.4) is 0 Å². The Morgan fingerprint density at radius 1 is 1.15 bits per heavy atom. The molecule has 1 aromatic carbocycles. The van der Waals surface area contributed by atoms with Gasteiger partial charge in [0.15, 0.2) is 5.78 Å². The molecule has 140 valence electrons. The number of halogens is 1. The van der Waals surface area contributed by atoms with Crippen molar-refractivity contribution >= 4 is 34.9 Å². The zero-order chi connectivity index (χ0) is 19.2. The first-order chi connectivity index (χ1) is 13.0. The average molecular weight is 386 g/mol. The van der Waals surface area contributed by atoms with Gasteiger partial charge in [-0.1, -0.05) is 11.6 Å². The second-order valence-corrected chi connectivity index (χ2v) is 6.84. The number of benzene rings is 1. The van der Waals surface area contributed by atoms with Crippen LogP contribution >= 0.6 is 11.6 Å². The Morgan fingerprint density at radius 3 is 2.63 bits per heavy atom. The molecule has 1 unspecified atom stereocenters. The number of carbonyl (C=O) groups is 3. The number of hydrogen-bond donors (Lipinski definition) is 1. The van der Waals surface area contributed by atoms with Crippen LogP contribution in [0.25, 0.3) is 0 Å². The molecule has 1 fully saturated rings. The number of likely N-dealkylation sites (tertiary alicyclic amines) is 1. The molecule has 0 spiro atoms. The number of hydrogen-bond acceptors (Lipinski definition) is 4. The third-order valence-corrected chi connectivity index (χ3v) is 4.79. The number of pyridine rings is 1. The van der Waals surface area contributed by atoms with Crippen molar-refractivity contribution < 1.29 is 14.4 Å². The minimum absolute atomic E-state index is 0.0818. The number of ketones is 1. The van der Waals surface area contributed by atoms with E-state index in [-0.39, 0.29) is 30.4 Å². The van der Waals surface area contributed by atoms with Crippen LogP contribution in [-0.4, -0.2) is 40.1 Å². The Labute approximate surface area is 162 Å². The first kappa shape index (κ1) is 19.0. The molecule has 2 aromatic rings. The first-order valence-electron chi connectivity index (χ1n) is 8.84. The fraction of sp³-hybridized carbons (Fsp3) is 0.300. The van der Waals surface area contributed by atoms with E-state index in [1.165, 1.54) is 6.20 Å². The molecule has 1 N–H and O–H groups in total. The van der Waals surface area contributed by atoms with Crippen molar-refractivity contribution in [2.24, 2.45) is 0 Å². The van der Waals surface area contributed by atoms with E-state index in [4.69, 9.17) is 11.6 Å². The lowest BCUT2D eigenvalue weighted by Crippen LogP contribution is -2.43. The Bertz CT molecular complexity index is 824. The maximum absolute atomic E-state index is 12.6. The van der Waals surface area contributed by atoms with Crippen molar-refractivity contribution in [1.29, 1.82) is 0 Å². The third kappa shape index (κ3) is 4.92. The summed E-state index contributed by atoms with van der Waals surface area (Å²) >= 11 is 5.85. The number of Topliss-reactive ketones (excluding diaryl/α,β-unsaturated/α-hetero) is 1. The van der Waals surface area contributed by atoms with Crippen molar-refractivity contribution in [3.8, 4) is 0 Å². The van der Waals surface area contributed by atoms with E-state index in [9.17, 15) is 14.4 Å². The fourth-order valence-corrected chi connectivity index (χ4v) is 3.26. The van der Waals surface area contributed by atoms with Gasteiger partial charge in [-0.3, -0.25) is 19.4 Å². The first-order valence-corrected chi connectivity index (χ1v) is 9.21. The van der Waals surface area contributed by atoms with Crippen LogP contribution in [0.2, 0.25) is 5.02 Å². The van der Waals surface area contributed by atoms with Crippen LogP contribution in [0.15, 0.2) is 48.8 Å². The smallest absolute Gasteiger partial charge is 0.247 e. The Balaban J connectivity index is 1.56. The lowest BCUT2D eigenvalue weighted by molar-refractivity contribution is -0.136. The number of aromatic nitrogens is 1. The van der Waals surface area contributed by atoms with Crippen LogP contribution in [0.4, 0.5) is 5.69 Å². The van der Waals surface area contributed by atoms with Gasteiger partial charge in [-0.25, -0.2) is 0 Å². The van der Waals surface area contributed by atoms with E-state index >= 15 is 0 Å². The summed E-state index contributed by atoms with van der Waals surface area (Å²) in [4.78, 5) is 42.7. The molecular weight excluding hydrogens is 366 g/mol. The maximum atomic E-state index is 12.6. The highest BCUT2D eigenvalue weighted by Gasteiger charge is 2.34. The van der Waals surface area contributed by atoms with Crippen molar-refractivity contribution in [2.75, 3.05) is 11.9 Å². The Hall–Kier alpha value is -2.73. The summed E-state index contributed by atoms with van der Waals surface area (Å²) in [5.41, 5.74) is 1.12. The molecule has 0 aliphatic carbocycles. The van der Waals surface area contributed by atoms with Gasteiger partial charge >= 0.3 is 0 Å². The van der Waals surface area contributed by atoms with Crippen molar-refractivity contribution in [2.45, 2.75) is 31.7 Å². The molecule has 2 amide bonds. The number of rotatable bonds is 6. The highest BCUT2D eigenvalue weighted by atomic mass is 35.5. The molecular formula is C20H20ClN3O3. The van der Waals surface area contributed by atoms with Gasteiger partial charge in [0.2, 0.25) is 11.8 Å². The molecule has 1 atom stereocenters. The van der Waals surface area contributed by atoms with Crippen molar-refractivity contribution in [1.82, 2.24) is 9.88 Å². The highest BCUT2D eigenvalue weighted by molar-refractivity contribution is 6.30. The SMILES string of the molecule is O=C(CCC(=O)N1CCCC1C(=O)Nc1ccc(Cl)cc1)c1cccnc1. The largest absolute Gasteiger partial charge is 0.331 e. The lowest BCUT2D eigenvalue weighted by Gasteiger charge is -2.24.